The van der Waals surface area contributed by atoms with E-state index in [2.05, 4.69) is 27.3 Å². The van der Waals surface area contributed by atoms with Crippen LogP contribution in [0, 0.1) is 0 Å². The van der Waals surface area contributed by atoms with Crippen molar-refractivity contribution in [1.82, 2.24) is 5.32 Å². The lowest BCUT2D eigenvalue weighted by molar-refractivity contribution is 0.174. The van der Waals surface area contributed by atoms with Crippen LogP contribution in [0.15, 0.2) is 16.6 Å². The molecular formula is C14H18BrNO2. The molecule has 3 nitrogen and oxygen atoms in total. The van der Waals surface area contributed by atoms with Gasteiger partial charge in [-0.1, -0.05) is 35.2 Å². The molecule has 0 unspecified atom stereocenters. The van der Waals surface area contributed by atoms with Crippen LogP contribution in [0.3, 0.4) is 0 Å². The van der Waals surface area contributed by atoms with Gasteiger partial charge in [0.25, 0.3) is 0 Å². The largest absolute Gasteiger partial charge is 0.454 e. The molecular weight excluding hydrogens is 294 g/mol. The van der Waals surface area contributed by atoms with Crippen LogP contribution < -0.4 is 14.8 Å². The Bertz CT molecular complexity index is 430. The Morgan fingerprint density at radius 3 is 2.61 bits per heavy atom. The van der Waals surface area contributed by atoms with E-state index < -0.39 is 0 Å². The van der Waals surface area contributed by atoms with E-state index in [-0.39, 0.29) is 0 Å². The molecule has 1 N–H and O–H groups in total. The third-order valence-corrected chi connectivity index (χ3v) is 4.47. The summed E-state index contributed by atoms with van der Waals surface area (Å²) in [6.07, 6.45) is 6.73. The van der Waals surface area contributed by atoms with Crippen molar-refractivity contribution >= 4 is 15.9 Å². The molecule has 1 aromatic rings. The number of benzene rings is 1. The zero-order chi connectivity index (χ0) is 12.4. The lowest BCUT2D eigenvalue weighted by atomic mass is 9.95. The van der Waals surface area contributed by atoms with Gasteiger partial charge in [0, 0.05) is 17.1 Å². The Morgan fingerprint density at radius 1 is 1.11 bits per heavy atom. The van der Waals surface area contributed by atoms with Gasteiger partial charge in [0.1, 0.15) is 0 Å². The van der Waals surface area contributed by atoms with E-state index in [1.54, 1.807) is 0 Å². The topological polar surface area (TPSA) is 30.5 Å². The number of ether oxygens (including phenoxy) is 2. The average molecular weight is 312 g/mol. The first-order chi connectivity index (χ1) is 8.83. The van der Waals surface area contributed by atoms with Gasteiger partial charge in [-0.05, 0) is 30.5 Å². The van der Waals surface area contributed by atoms with Gasteiger partial charge in [-0.15, -0.1) is 0 Å². The SMILES string of the molecule is Brc1cc2c(cc1CNC1CCCCC1)OCO2. The number of rotatable bonds is 3. The molecule has 1 aromatic carbocycles. The minimum absolute atomic E-state index is 0.335. The summed E-state index contributed by atoms with van der Waals surface area (Å²) in [5.74, 6) is 1.70. The van der Waals surface area contributed by atoms with Gasteiger partial charge >= 0.3 is 0 Å². The van der Waals surface area contributed by atoms with Crippen molar-refractivity contribution in [2.45, 2.75) is 44.7 Å². The van der Waals surface area contributed by atoms with Crippen molar-refractivity contribution in [3.8, 4) is 11.5 Å². The quantitative estimate of drug-likeness (QED) is 0.925. The van der Waals surface area contributed by atoms with E-state index in [1.807, 2.05) is 6.07 Å². The van der Waals surface area contributed by atoms with Gasteiger partial charge in [0.05, 0.1) is 0 Å². The Labute approximate surface area is 116 Å². The Kier molecular flexibility index (Phi) is 3.75. The van der Waals surface area contributed by atoms with Crippen molar-refractivity contribution in [1.29, 1.82) is 0 Å². The fraction of sp³-hybridized carbons (Fsp3) is 0.571. The first kappa shape index (κ1) is 12.3. The third kappa shape index (κ3) is 2.64. The van der Waals surface area contributed by atoms with Crippen LogP contribution in [0.1, 0.15) is 37.7 Å². The van der Waals surface area contributed by atoms with Crippen molar-refractivity contribution < 1.29 is 9.47 Å². The summed E-state index contributed by atoms with van der Waals surface area (Å²) in [6.45, 7) is 1.23. The Morgan fingerprint density at radius 2 is 1.83 bits per heavy atom. The number of fused-ring (bicyclic) bond motifs is 1. The number of hydrogen-bond donors (Lipinski definition) is 1. The van der Waals surface area contributed by atoms with Gasteiger partial charge < -0.3 is 14.8 Å². The van der Waals surface area contributed by atoms with Crippen LogP contribution in [-0.4, -0.2) is 12.8 Å². The average Bonchev–Trinajstić information content (AvgIpc) is 2.84. The fourth-order valence-electron chi connectivity index (χ4n) is 2.66. The first-order valence-electron chi connectivity index (χ1n) is 6.64. The summed E-state index contributed by atoms with van der Waals surface area (Å²) in [4.78, 5) is 0. The van der Waals surface area contributed by atoms with Gasteiger partial charge in [-0.25, -0.2) is 0 Å². The van der Waals surface area contributed by atoms with E-state index in [4.69, 9.17) is 9.47 Å². The number of hydrogen-bond acceptors (Lipinski definition) is 3. The van der Waals surface area contributed by atoms with E-state index in [1.165, 1.54) is 37.7 Å². The molecule has 3 rings (SSSR count). The van der Waals surface area contributed by atoms with Crippen molar-refractivity contribution in [2.24, 2.45) is 0 Å². The standard InChI is InChI=1S/C14H18BrNO2/c15-12-7-14-13(17-9-18-14)6-10(12)8-16-11-4-2-1-3-5-11/h6-7,11,16H,1-5,8-9H2. The van der Waals surface area contributed by atoms with Crippen LogP contribution in [0.4, 0.5) is 0 Å². The molecule has 1 fully saturated rings. The highest BCUT2D eigenvalue weighted by Gasteiger charge is 2.17. The molecule has 0 atom stereocenters. The number of nitrogens with one attached hydrogen (secondary N) is 1. The molecule has 0 aromatic heterocycles. The van der Waals surface area contributed by atoms with Gasteiger partial charge in [0.2, 0.25) is 6.79 Å². The zero-order valence-corrected chi connectivity index (χ0v) is 12.0. The highest BCUT2D eigenvalue weighted by molar-refractivity contribution is 9.10. The maximum atomic E-state index is 5.42. The van der Waals surface area contributed by atoms with Crippen molar-refractivity contribution in [3.63, 3.8) is 0 Å². The highest BCUT2D eigenvalue weighted by atomic mass is 79.9. The molecule has 0 bridgehead atoms. The Hall–Kier alpha value is -0.740. The van der Waals surface area contributed by atoms with Crippen molar-refractivity contribution in [2.75, 3.05) is 6.79 Å². The summed E-state index contributed by atoms with van der Waals surface area (Å²) in [7, 11) is 0. The van der Waals surface area contributed by atoms with Crippen LogP contribution in [0.2, 0.25) is 0 Å². The fourth-order valence-corrected chi connectivity index (χ4v) is 3.12. The lowest BCUT2D eigenvalue weighted by Gasteiger charge is -2.23. The molecule has 2 aliphatic rings. The third-order valence-electron chi connectivity index (χ3n) is 3.73. The second-order valence-corrected chi connectivity index (χ2v) is 5.87. The monoisotopic (exact) mass is 311 g/mol. The highest BCUT2D eigenvalue weighted by Crippen LogP contribution is 2.37. The normalized spacial score (nSPS) is 19.2. The van der Waals surface area contributed by atoms with Gasteiger partial charge in [0.15, 0.2) is 11.5 Å². The van der Waals surface area contributed by atoms with Crippen molar-refractivity contribution in [3.05, 3.63) is 22.2 Å². The van der Waals surface area contributed by atoms with E-state index in [9.17, 15) is 0 Å². The summed E-state index contributed by atoms with van der Waals surface area (Å²) in [5, 5.41) is 3.64. The molecule has 1 aliphatic heterocycles. The molecule has 18 heavy (non-hydrogen) atoms. The van der Waals surface area contributed by atoms with Gasteiger partial charge in [-0.2, -0.15) is 0 Å². The second kappa shape index (κ2) is 5.49. The summed E-state index contributed by atoms with van der Waals surface area (Å²) < 4.78 is 11.9. The second-order valence-electron chi connectivity index (χ2n) is 5.01. The molecule has 98 valence electrons. The molecule has 0 radical (unpaired) electrons. The van der Waals surface area contributed by atoms with Crippen LogP contribution >= 0.6 is 15.9 Å². The molecule has 0 spiro atoms. The molecule has 1 heterocycles. The molecule has 0 saturated heterocycles. The maximum Gasteiger partial charge on any atom is 0.231 e. The molecule has 0 amide bonds. The first-order valence-corrected chi connectivity index (χ1v) is 7.43. The van der Waals surface area contributed by atoms with Crippen LogP contribution in [0.25, 0.3) is 0 Å². The number of halogens is 1. The minimum atomic E-state index is 0.335. The van der Waals surface area contributed by atoms with E-state index >= 15 is 0 Å². The molecule has 1 aliphatic carbocycles. The summed E-state index contributed by atoms with van der Waals surface area (Å²) in [5.41, 5.74) is 1.24. The zero-order valence-electron chi connectivity index (χ0n) is 10.4. The lowest BCUT2D eigenvalue weighted by Crippen LogP contribution is -2.30. The van der Waals surface area contributed by atoms with Gasteiger partial charge in [-0.3, -0.25) is 0 Å². The smallest absolute Gasteiger partial charge is 0.231 e. The van der Waals surface area contributed by atoms with E-state index in [0.29, 0.717) is 12.8 Å². The summed E-state index contributed by atoms with van der Waals surface area (Å²) in [6, 6.07) is 4.75. The summed E-state index contributed by atoms with van der Waals surface area (Å²) >= 11 is 3.60. The predicted molar refractivity (Wildman–Crippen MR) is 74.0 cm³/mol. The molecule has 4 heteroatoms. The predicted octanol–water partition coefficient (Wildman–Crippen LogP) is 3.60. The Balaban J connectivity index is 1.65. The van der Waals surface area contributed by atoms with E-state index in [0.717, 1.165) is 22.5 Å². The van der Waals surface area contributed by atoms with Crippen LogP contribution in [-0.2, 0) is 6.54 Å². The van der Waals surface area contributed by atoms with Crippen LogP contribution in [0.5, 0.6) is 11.5 Å². The maximum absolute atomic E-state index is 5.42. The minimum Gasteiger partial charge on any atom is -0.454 e. The molecule has 1 saturated carbocycles.